The molecule has 162 valence electrons. The van der Waals surface area contributed by atoms with Crippen LogP contribution in [0, 0.1) is 5.82 Å². The lowest BCUT2D eigenvalue weighted by Gasteiger charge is -2.27. The van der Waals surface area contributed by atoms with Gasteiger partial charge in [0.15, 0.2) is 0 Å². The molecule has 3 amide bonds. The Morgan fingerprint density at radius 2 is 1.77 bits per heavy atom. The Balaban J connectivity index is 1.72. The summed E-state index contributed by atoms with van der Waals surface area (Å²) in [5.74, 6) is 0.0158. The zero-order valence-electron chi connectivity index (χ0n) is 17.5. The second kappa shape index (κ2) is 11.0. The highest BCUT2D eigenvalue weighted by Gasteiger charge is 2.22. The molecule has 1 N–H and O–H groups in total. The first-order valence-corrected chi connectivity index (χ1v) is 10.2. The van der Waals surface area contributed by atoms with Gasteiger partial charge in [0.2, 0.25) is 5.91 Å². The zero-order valence-corrected chi connectivity index (χ0v) is 17.5. The van der Waals surface area contributed by atoms with Crippen molar-refractivity contribution in [1.82, 2.24) is 9.80 Å². The molecule has 0 aliphatic heterocycles. The molecule has 0 aliphatic carbocycles. The van der Waals surface area contributed by atoms with Gasteiger partial charge in [-0.1, -0.05) is 43.3 Å². The lowest BCUT2D eigenvalue weighted by atomic mass is 10.2. The Bertz CT molecular complexity index is 977. The van der Waals surface area contributed by atoms with Crippen molar-refractivity contribution in [2.45, 2.75) is 26.4 Å². The number of halogens is 1. The Morgan fingerprint density at radius 1 is 0.968 bits per heavy atom. The van der Waals surface area contributed by atoms with Crippen LogP contribution in [0.3, 0.4) is 0 Å². The number of furan rings is 1. The largest absolute Gasteiger partial charge is 0.467 e. The smallest absolute Gasteiger partial charge is 0.322 e. The first kappa shape index (κ1) is 22.1. The molecular weight excluding hydrogens is 397 g/mol. The molecular formula is C24H26FN3O3. The minimum Gasteiger partial charge on any atom is -0.467 e. The van der Waals surface area contributed by atoms with E-state index in [4.69, 9.17) is 4.42 Å². The van der Waals surface area contributed by atoms with Gasteiger partial charge >= 0.3 is 6.03 Å². The normalized spacial score (nSPS) is 10.5. The molecule has 1 heterocycles. The summed E-state index contributed by atoms with van der Waals surface area (Å²) in [7, 11) is 0. The van der Waals surface area contributed by atoms with Gasteiger partial charge in [-0.15, -0.1) is 0 Å². The highest BCUT2D eigenvalue weighted by Crippen LogP contribution is 2.13. The van der Waals surface area contributed by atoms with Gasteiger partial charge < -0.3 is 19.5 Å². The van der Waals surface area contributed by atoms with Crippen LogP contribution in [0.1, 0.15) is 24.7 Å². The molecule has 0 spiro atoms. The Kier molecular flexibility index (Phi) is 7.81. The highest BCUT2D eigenvalue weighted by molar-refractivity contribution is 5.92. The first-order chi connectivity index (χ1) is 15.0. The van der Waals surface area contributed by atoms with E-state index < -0.39 is 11.8 Å². The summed E-state index contributed by atoms with van der Waals surface area (Å²) in [5.41, 5.74) is 1.32. The average Bonchev–Trinajstić information content (AvgIpc) is 3.27. The maximum atomic E-state index is 13.4. The molecule has 3 aromatic rings. The van der Waals surface area contributed by atoms with Crippen molar-refractivity contribution in [3.63, 3.8) is 0 Å². The SMILES string of the molecule is CCCN(CC(=O)N(Cc1ccccc1)Cc1ccco1)C(=O)Nc1cccc(F)c1. The molecule has 0 saturated heterocycles. The first-order valence-electron chi connectivity index (χ1n) is 10.2. The maximum absolute atomic E-state index is 13.4. The van der Waals surface area contributed by atoms with E-state index in [1.165, 1.54) is 23.1 Å². The van der Waals surface area contributed by atoms with Crippen molar-refractivity contribution in [2.24, 2.45) is 0 Å². The lowest BCUT2D eigenvalue weighted by molar-refractivity contribution is -0.133. The fourth-order valence-electron chi connectivity index (χ4n) is 3.18. The summed E-state index contributed by atoms with van der Waals surface area (Å²) in [5, 5.41) is 2.66. The lowest BCUT2D eigenvalue weighted by Crippen LogP contribution is -2.44. The standard InChI is InChI=1S/C24H26FN3O3/c1-2-13-27(24(30)26-21-11-6-10-20(25)15-21)18-23(29)28(17-22-12-7-14-31-22)16-19-8-4-3-5-9-19/h3-12,14-15H,2,13,16-18H2,1H3,(H,26,30). The van der Waals surface area contributed by atoms with Crippen LogP contribution in [0.4, 0.5) is 14.9 Å². The molecule has 1 aromatic heterocycles. The third kappa shape index (κ3) is 6.70. The maximum Gasteiger partial charge on any atom is 0.322 e. The summed E-state index contributed by atoms with van der Waals surface area (Å²) < 4.78 is 18.9. The minimum atomic E-state index is -0.446. The van der Waals surface area contributed by atoms with Crippen molar-refractivity contribution in [3.05, 3.63) is 90.1 Å². The number of benzene rings is 2. The van der Waals surface area contributed by atoms with E-state index in [1.807, 2.05) is 43.3 Å². The predicted octanol–water partition coefficient (Wildman–Crippen LogP) is 4.89. The minimum absolute atomic E-state index is 0.0947. The van der Waals surface area contributed by atoms with Crippen molar-refractivity contribution in [1.29, 1.82) is 0 Å². The molecule has 7 heteroatoms. The number of nitrogens with one attached hydrogen (secondary N) is 1. The average molecular weight is 423 g/mol. The molecule has 0 aliphatic rings. The van der Waals surface area contributed by atoms with Gasteiger partial charge in [0, 0.05) is 18.8 Å². The van der Waals surface area contributed by atoms with E-state index >= 15 is 0 Å². The van der Waals surface area contributed by atoms with Crippen molar-refractivity contribution in [3.8, 4) is 0 Å². The highest BCUT2D eigenvalue weighted by atomic mass is 19.1. The van der Waals surface area contributed by atoms with Gasteiger partial charge in [-0.05, 0) is 42.3 Å². The predicted molar refractivity (Wildman–Crippen MR) is 117 cm³/mol. The third-order valence-corrected chi connectivity index (χ3v) is 4.68. The number of amides is 3. The van der Waals surface area contributed by atoms with E-state index in [9.17, 15) is 14.0 Å². The molecule has 0 radical (unpaired) electrons. The van der Waals surface area contributed by atoms with Crippen LogP contribution >= 0.6 is 0 Å². The van der Waals surface area contributed by atoms with E-state index in [2.05, 4.69) is 5.32 Å². The van der Waals surface area contributed by atoms with Gasteiger partial charge in [0.25, 0.3) is 0 Å². The van der Waals surface area contributed by atoms with Gasteiger partial charge in [-0.25, -0.2) is 9.18 Å². The van der Waals surface area contributed by atoms with E-state index in [0.717, 1.165) is 5.56 Å². The molecule has 0 bridgehead atoms. The molecule has 2 aromatic carbocycles. The van der Waals surface area contributed by atoms with E-state index in [-0.39, 0.29) is 12.5 Å². The number of carbonyl (C=O) groups excluding carboxylic acids is 2. The summed E-state index contributed by atoms with van der Waals surface area (Å²) in [6.45, 7) is 2.92. The van der Waals surface area contributed by atoms with Crippen molar-refractivity contribution in [2.75, 3.05) is 18.4 Å². The molecule has 0 saturated carbocycles. The monoisotopic (exact) mass is 423 g/mol. The molecule has 0 fully saturated rings. The molecule has 0 atom stereocenters. The Morgan fingerprint density at radius 3 is 2.45 bits per heavy atom. The number of rotatable bonds is 9. The summed E-state index contributed by atoms with van der Waals surface area (Å²) in [4.78, 5) is 29.0. The molecule has 31 heavy (non-hydrogen) atoms. The van der Waals surface area contributed by atoms with Crippen LogP contribution < -0.4 is 5.32 Å². The number of hydrogen-bond acceptors (Lipinski definition) is 3. The van der Waals surface area contributed by atoms with E-state index in [1.54, 1.807) is 23.3 Å². The second-order valence-electron chi connectivity index (χ2n) is 7.18. The van der Waals surface area contributed by atoms with Crippen LogP contribution in [0.2, 0.25) is 0 Å². The number of hydrogen-bond donors (Lipinski definition) is 1. The van der Waals surface area contributed by atoms with Crippen LogP contribution in [-0.2, 0) is 17.9 Å². The zero-order chi connectivity index (χ0) is 22.1. The van der Waals surface area contributed by atoms with Gasteiger partial charge in [0.1, 0.15) is 18.1 Å². The van der Waals surface area contributed by atoms with Gasteiger partial charge in [0.05, 0.1) is 12.8 Å². The van der Waals surface area contributed by atoms with Crippen LogP contribution in [0.5, 0.6) is 0 Å². The number of nitrogens with zero attached hydrogens (tertiary/aromatic N) is 2. The van der Waals surface area contributed by atoms with Crippen LogP contribution in [0.25, 0.3) is 0 Å². The molecule has 0 unspecified atom stereocenters. The quantitative estimate of drug-likeness (QED) is 0.533. The van der Waals surface area contributed by atoms with E-state index in [0.29, 0.717) is 37.5 Å². The molecule has 6 nitrogen and oxygen atoms in total. The van der Waals surface area contributed by atoms with Gasteiger partial charge in [-0.2, -0.15) is 0 Å². The Hall–Kier alpha value is -3.61. The van der Waals surface area contributed by atoms with Gasteiger partial charge in [-0.3, -0.25) is 4.79 Å². The van der Waals surface area contributed by atoms with Crippen LogP contribution in [-0.4, -0.2) is 34.8 Å². The Labute approximate surface area is 181 Å². The summed E-state index contributed by atoms with van der Waals surface area (Å²) >= 11 is 0. The second-order valence-corrected chi connectivity index (χ2v) is 7.18. The third-order valence-electron chi connectivity index (χ3n) is 4.68. The molecule has 3 rings (SSSR count). The number of anilines is 1. The topological polar surface area (TPSA) is 65.8 Å². The fraction of sp³-hybridized carbons (Fsp3) is 0.250. The number of urea groups is 1. The van der Waals surface area contributed by atoms with Crippen LogP contribution in [0.15, 0.2) is 77.4 Å². The fourth-order valence-corrected chi connectivity index (χ4v) is 3.18. The summed E-state index contributed by atoms with van der Waals surface area (Å²) in [6, 6.07) is 18.5. The number of carbonyl (C=O) groups is 2. The summed E-state index contributed by atoms with van der Waals surface area (Å²) in [6.07, 6.45) is 2.25. The van der Waals surface area contributed by atoms with Crippen molar-refractivity contribution < 1.29 is 18.4 Å². The van der Waals surface area contributed by atoms with Crippen molar-refractivity contribution >= 4 is 17.6 Å².